The number of nitrogens with one attached hydrogen (secondary N) is 1. The van der Waals surface area contributed by atoms with Crippen molar-refractivity contribution >= 4 is 5.97 Å². The predicted octanol–water partition coefficient (Wildman–Crippen LogP) is 1.34. The molecule has 1 N–H and O–H groups in total. The van der Waals surface area contributed by atoms with Crippen molar-refractivity contribution in [2.75, 3.05) is 26.3 Å². The molecule has 0 aromatic heterocycles. The highest BCUT2D eigenvalue weighted by Gasteiger charge is 2.17. The number of carbonyl (C=O) groups excluding carboxylic acids is 1. The van der Waals surface area contributed by atoms with Crippen LogP contribution in [0.15, 0.2) is 0 Å². The summed E-state index contributed by atoms with van der Waals surface area (Å²) in [5, 5.41) is 3.12. The van der Waals surface area contributed by atoms with Crippen LogP contribution in [0.5, 0.6) is 0 Å². The molecule has 0 bridgehead atoms. The van der Waals surface area contributed by atoms with E-state index in [1.54, 1.807) is 0 Å². The van der Waals surface area contributed by atoms with Crippen LogP contribution in [0.25, 0.3) is 0 Å². The highest BCUT2D eigenvalue weighted by molar-refractivity contribution is 5.72. The van der Waals surface area contributed by atoms with Crippen LogP contribution >= 0.6 is 0 Å². The summed E-state index contributed by atoms with van der Waals surface area (Å²) in [6, 6.07) is 0. The Morgan fingerprint density at radius 3 is 2.81 bits per heavy atom. The van der Waals surface area contributed by atoms with Crippen LogP contribution in [-0.2, 0) is 14.3 Å². The van der Waals surface area contributed by atoms with Crippen LogP contribution in [0.2, 0.25) is 0 Å². The fourth-order valence-electron chi connectivity index (χ4n) is 1.72. The van der Waals surface area contributed by atoms with E-state index in [9.17, 15) is 4.79 Å². The van der Waals surface area contributed by atoms with Gasteiger partial charge in [0.1, 0.15) is 5.60 Å². The van der Waals surface area contributed by atoms with Gasteiger partial charge < -0.3 is 14.8 Å². The van der Waals surface area contributed by atoms with E-state index in [0.717, 1.165) is 26.2 Å². The lowest BCUT2D eigenvalue weighted by molar-refractivity contribution is -0.153. The van der Waals surface area contributed by atoms with Gasteiger partial charge in [0, 0.05) is 13.2 Å². The van der Waals surface area contributed by atoms with Gasteiger partial charge in [-0.3, -0.25) is 4.79 Å². The van der Waals surface area contributed by atoms with Gasteiger partial charge in [0.15, 0.2) is 0 Å². The molecule has 16 heavy (non-hydrogen) atoms. The zero-order valence-electron chi connectivity index (χ0n) is 10.5. The first-order chi connectivity index (χ1) is 7.47. The van der Waals surface area contributed by atoms with Gasteiger partial charge in [0.05, 0.1) is 13.2 Å². The SMILES string of the molecule is CC(C)(C)OC(=O)CNC[C@@H]1CCCOC1. The molecule has 4 nitrogen and oxygen atoms in total. The van der Waals surface area contributed by atoms with E-state index in [0.29, 0.717) is 5.92 Å². The van der Waals surface area contributed by atoms with Gasteiger partial charge in [0.2, 0.25) is 0 Å². The van der Waals surface area contributed by atoms with Gasteiger partial charge in [0.25, 0.3) is 0 Å². The van der Waals surface area contributed by atoms with Crippen molar-refractivity contribution in [3.63, 3.8) is 0 Å². The molecule has 1 aliphatic heterocycles. The first kappa shape index (κ1) is 13.5. The number of carbonyl (C=O) groups is 1. The van der Waals surface area contributed by atoms with Crippen LogP contribution in [0.3, 0.4) is 0 Å². The fourth-order valence-corrected chi connectivity index (χ4v) is 1.72. The lowest BCUT2D eigenvalue weighted by Crippen LogP contribution is -2.35. The van der Waals surface area contributed by atoms with Gasteiger partial charge >= 0.3 is 5.97 Å². The molecule has 0 aromatic rings. The Bertz CT molecular complexity index is 217. The minimum Gasteiger partial charge on any atom is -0.459 e. The molecule has 1 aliphatic rings. The second-order valence-corrected chi connectivity index (χ2v) is 5.30. The molecule has 0 aromatic carbocycles. The third kappa shape index (κ3) is 6.08. The molecular formula is C12H23NO3. The Morgan fingerprint density at radius 2 is 2.25 bits per heavy atom. The standard InChI is InChI=1S/C12H23NO3/c1-12(2,3)16-11(14)8-13-7-10-5-4-6-15-9-10/h10,13H,4-9H2,1-3H3/t10-/m0/s1. The molecule has 0 aliphatic carbocycles. The molecule has 0 radical (unpaired) electrons. The molecule has 1 atom stereocenters. The van der Waals surface area contributed by atoms with Crippen LogP contribution in [0, 0.1) is 5.92 Å². The van der Waals surface area contributed by atoms with Gasteiger partial charge in [-0.2, -0.15) is 0 Å². The van der Waals surface area contributed by atoms with Crippen molar-refractivity contribution < 1.29 is 14.3 Å². The fraction of sp³-hybridized carbons (Fsp3) is 0.917. The van der Waals surface area contributed by atoms with Gasteiger partial charge in [-0.05, 0) is 39.5 Å². The first-order valence-electron chi connectivity index (χ1n) is 5.98. The van der Waals surface area contributed by atoms with Crippen molar-refractivity contribution in [3.8, 4) is 0 Å². The van der Waals surface area contributed by atoms with Gasteiger partial charge in [-0.1, -0.05) is 0 Å². The third-order valence-corrected chi connectivity index (χ3v) is 2.38. The largest absolute Gasteiger partial charge is 0.459 e. The normalized spacial score (nSPS) is 21.8. The summed E-state index contributed by atoms with van der Waals surface area (Å²) in [7, 11) is 0. The summed E-state index contributed by atoms with van der Waals surface area (Å²) in [6.07, 6.45) is 2.31. The zero-order valence-corrected chi connectivity index (χ0v) is 10.5. The third-order valence-electron chi connectivity index (χ3n) is 2.38. The quantitative estimate of drug-likeness (QED) is 0.739. The summed E-state index contributed by atoms with van der Waals surface area (Å²) in [5.74, 6) is 0.348. The Kier molecular flexibility index (Phi) is 5.22. The Balaban J connectivity index is 2.08. The van der Waals surface area contributed by atoms with Crippen molar-refractivity contribution in [1.29, 1.82) is 0 Å². The maximum atomic E-state index is 11.4. The van der Waals surface area contributed by atoms with E-state index in [4.69, 9.17) is 9.47 Å². The number of esters is 1. The van der Waals surface area contributed by atoms with Crippen LogP contribution in [0.4, 0.5) is 0 Å². The summed E-state index contributed by atoms with van der Waals surface area (Å²) in [5.41, 5.74) is -0.396. The second kappa shape index (κ2) is 6.21. The zero-order chi connectivity index (χ0) is 12.0. The molecule has 1 saturated heterocycles. The molecule has 0 unspecified atom stereocenters. The topological polar surface area (TPSA) is 47.6 Å². The second-order valence-electron chi connectivity index (χ2n) is 5.30. The number of hydrogen-bond donors (Lipinski definition) is 1. The summed E-state index contributed by atoms with van der Waals surface area (Å²) >= 11 is 0. The first-order valence-corrected chi connectivity index (χ1v) is 5.98. The van der Waals surface area contributed by atoms with Crippen LogP contribution in [-0.4, -0.2) is 37.9 Å². The lowest BCUT2D eigenvalue weighted by atomic mass is 10.0. The van der Waals surface area contributed by atoms with E-state index in [1.165, 1.54) is 6.42 Å². The Morgan fingerprint density at radius 1 is 1.50 bits per heavy atom. The van der Waals surface area contributed by atoms with E-state index < -0.39 is 5.60 Å². The van der Waals surface area contributed by atoms with E-state index in [2.05, 4.69) is 5.32 Å². The van der Waals surface area contributed by atoms with Gasteiger partial charge in [-0.15, -0.1) is 0 Å². The molecule has 1 rings (SSSR count). The molecule has 0 amide bonds. The summed E-state index contributed by atoms with van der Waals surface area (Å²) < 4.78 is 10.6. The minimum atomic E-state index is -0.396. The van der Waals surface area contributed by atoms with E-state index >= 15 is 0 Å². The average molecular weight is 229 g/mol. The Labute approximate surface area is 97.7 Å². The monoisotopic (exact) mass is 229 g/mol. The summed E-state index contributed by atoms with van der Waals surface area (Å²) in [4.78, 5) is 11.4. The van der Waals surface area contributed by atoms with Crippen molar-refractivity contribution in [2.24, 2.45) is 5.92 Å². The molecular weight excluding hydrogens is 206 g/mol. The summed E-state index contributed by atoms with van der Waals surface area (Å²) in [6.45, 7) is 8.43. The van der Waals surface area contributed by atoms with Gasteiger partial charge in [-0.25, -0.2) is 0 Å². The predicted molar refractivity (Wildman–Crippen MR) is 62.3 cm³/mol. The highest BCUT2D eigenvalue weighted by Crippen LogP contribution is 2.12. The molecule has 0 saturated carbocycles. The number of ether oxygens (including phenoxy) is 2. The molecule has 1 fully saturated rings. The van der Waals surface area contributed by atoms with Crippen molar-refractivity contribution in [1.82, 2.24) is 5.32 Å². The minimum absolute atomic E-state index is 0.191. The Hall–Kier alpha value is -0.610. The molecule has 4 heteroatoms. The lowest BCUT2D eigenvalue weighted by Gasteiger charge is -2.23. The van der Waals surface area contributed by atoms with E-state index in [1.807, 2.05) is 20.8 Å². The molecule has 1 heterocycles. The van der Waals surface area contributed by atoms with Crippen LogP contribution < -0.4 is 5.32 Å². The molecule has 0 spiro atoms. The number of rotatable bonds is 4. The maximum Gasteiger partial charge on any atom is 0.320 e. The van der Waals surface area contributed by atoms with Crippen molar-refractivity contribution in [2.45, 2.75) is 39.2 Å². The van der Waals surface area contributed by atoms with Crippen molar-refractivity contribution in [3.05, 3.63) is 0 Å². The highest BCUT2D eigenvalue weighted by atomic mass is 16.6. The number of hydrogen-bond acceptors (Lipinski definition) is 4. The smallest absolute Gasteiger partial charge is 0.320 e. The molecule has 94 valence electrons. The van der Waals surface area contributed by atoms with E-state index in [-0.39, 0.29) is 12.5 Å². The van der Waals surface area contributed by atoms with Crippen LogP contribution in [0.1, 0.15) is 33.6 Å². The maximum absolute atomic E-state index is 11.4. The average Bonchev–Trinajstić information content (AvgIpc) is 2.16.